The number of fused-ring (bicyclic) bond motifs is 1. The summed E-state index contributed by atoms with van der Waals surface area (Å²) in [5.74, 6) is 2.64. The van der Waals surface area contributed by atoms with E-state index in [1.807, 2.05) is 16.9 Å². The van der Waals surface area contributed by atoms with Gasteiger partial charge in [-0.25, -0.2) is 9.67 Å². The molecule has 0 aromatic carbocycles. The summed E-state index contributed by atoms with van der Waals surface area (Å²) in [5, 5.41) is 11.4. The average molecular weight is 485 g/mol. The molecule has 0 aliphatic carbocycles. The zero-order valence-corrected chi connectivity index (χ0v) is 18.2. The Morgan fingerprint density at radius 2 is 2.33 bits per heavy atom. The Hall–Kier alpha value is -1.75. The summed E-state index contributed by atoms with van der Waals surface area (Å²) in [6.45, 7) is 4.87. The largest absolute Gasteiger partial charge is 0.377 e. The van der Waals surface area contributed by atoms with Crippen molar-refractivity contribution in [3.05, 3.63) is 41.7 Å². The van der Waals surface area contributed by atoms with Crippen LogP contribution >= 0.6 is 24.0 Å². The quantitative estimate of drug-likeness (QED) is 0.352. The molecule has 2 aromatic rings. The molecule has 0 saturated carbocycles. The number of ether oxygens (including phenoxy) is 1. The van der Waals surface area contributed by atoms with Gasteiger partial charge in [-0.05, 0) is 31.4 Å². The lowest BCUT2D eigenvalue weighted by atomic mass is 10.1. The van der Waals surface area contributed by atoms with Gasteiger partial charge >= 0.3 is 0 Å². The second-order valence-electron chi connectivity index (χ2n) is 6.31. The van der Waals surface area contributed by atoms with Crippen molar-refractivity contribution in [2.24, 2.45) is 4.99 Å². The molecule has 0 bridgehead atoms. The SMILES string of the molecule is CCNC(=NCCc1cccnc1)NC1CCc2nc(COC)nn2C1.I. The van der Waals surface area contributed by atoms with E-state index < -0.39 is 0 Å². The number of hydrogen-bond acceptors (Lipinski definition) is 5. The number of pyridine rings is 1. The lowest BCUT2D eigenvalue weighted by Crippen LogP contribution is -2.47. The van der Waals surface area contributed by atoms with Crippen molar-refractivity contribution >= 4 is 29.9 Å². The molecular weight excluding hydrogens is 457 g/mol. The zero-order chi connectivity index (χ0) is 18.2. The first-order chi connectivity index (χ1) is 12.8. The van der Waals surface area contributed by atoms with Gasteiger partial charge in [0.1, 0.15) is 12.4 Å². The predicted octanol–water partition coefficient (Wildman–Crippen LogP) is 1.55. The minimum atomic E-state index is 0. The second kappa shape index (κ2) is 11.2. The molecule has 0 radical (unpaired) electrons. The maximum Gasteiger partial charge on any atom is 0.191 e. The summed E-state index contributed by atoms with van der Waals surface area (Å²) in [6.07, 6.45) is 6.48. The van der Waals surface area contributed by atoms with E-state index >= 15 is 0 Å². The third-order valence-electron chi connectivity index (χ3n) is 4.25. The number of aryl methyl sites for hydroxylation is 1. The summed E-state index contributed by atoms with van der Waals surface area (Å²) < 4.78 is 7.10. The molecule has 0 saturated heterocycles. The van der Waals surface area contributed by atoms with Gasteiger partial charge in [-0.2, -0.15) is 5.10 Å². The molecule has 27 heavy (non-hydrogen) atoms. The maximum atomic E-state index is 5.12. The topological polar surface area (TPSA) is 89.2 Å². The monoisotopic (exact) mass is 485 g/mol. The van der Waals surface area contributed by atoms with Crippen molar-refractivity contribution in [3.63, 3.8) is 0 Å². The normalized spacial score (nSPS) is 16.4. The number of hydrogen-bond donors (Lipinski definition) is 2. The van der Waals surface area contributed by atoms with E-state index in [9.17, 15) is 0 Å². The summed E-state index contributed by atoms with van der Waals surface area (Å²) in [6, 6.07) is 4.32. The van der Waals surface area contributed by atoms with Crippen molar-refractivity contribution in [1.29, 1.82) is 0 Å². The molecule has 1 aliphatic rings. The van der Waals surface area contributed by atoms with Gasteiger partial charge in [0.2, 0.25) is 0 Å². The maximum absolute atomic E-state index is 5.12. The predicted molar refractivity (Wildman–Crippen MR) is 115 cm³/mol. The minimum Gasteiger partial charge on any atom is -0.377 e. The Morgan fingerprint density at radius 1 is 1.44 bits per heavy atom. The number of aliphatic imine (C=N–C) groups is 1. The number of methoxy groups -OCH3 is 1. The highest BCUT2D eigenvalue weighted by atomic mass is 127. The van der Waals surface area contributed by atoms with Gasteiger partial charge in [-0.15, -0.1) is 24.0 Å². The molecule has 148 valence electrons. The van der Waals surface area contributed by atoms with Crippen LogP contribution in [0.25, 0.3) is 0 Å². The summed E-state index contributed by atoms with van der Waals surface area (Å²) in [4.78, 5) is 13.4. The van der Waals surface area contributed by atoms with Crippen molar-refractivity contribution in [2.75, 3.05) is 20.2 Å². The number of nitrogens with zero attached hydrogens (tertiary/aromatic N) is 5. The lowest BCUT2D eigenvalue weighted by Gasteiger charge is -2.25. The van der Waals surface area contributed by atoms with E-state index in [0.717, 1.165) is 56.5 Å². The molecule has 2 aromatic heterocycles. The van der Waals surface area contributed by atoms with Crippen LogP contribution in [-0.4, -0.2) is 51.9 Å². The first kappa shape index (κ1) is 21.5. The molecule has 9 heteroatoms. The fourth-order valence-corrected chi connectivity index (χ4v) is 3.02. The summed E-state index contributed by atoms with van der Waals surface area (Å²) >= 11 is 0. The second-order valence-corrected chi connectivity index (χ2v) is 6.31. The third-order valence-corrected chi connectivity index (χ3v) is 4.25. The fourth-order valence-electron chi connectivity index (χ4n) is 3.02. The number of rotatable bonds is 7. The number of nitrogens with one attached hydrogen (secondary N) is 2. The Morgan fingerprint density at radius 3 is 3.07 bits per heavy atom. The van der Waals surface area contributed by atoms with E-state index in [2.05, 4.69) is 38.7 Å². The highest BCUT2D eigenvalue weighted by Gasteiger charge is 2.22. The molecular formula is C18H28IN7O. The number of halogens is 1. The van der Waals surface area contributed by atoms with Gasteiger partial charge in [0.25, 0.3) is 0 Å². The van der Waals surface area contributed by atoms with Crippen LogP contribution in [0.1, 0.15) is 30.6 Å². The summed E-state index contributed by atoms with van der Waals surface area (Å²) in [7, 11) is 1.66. The van der Waals surface area contributed by atoms with E-state index in [1.165, 1.54) is 5.56 Å². The molecule has 0 spiro atoms. The van der Waals surface area contributed by atoms with Gasteiger partial charge in [0.05, 0.1) is 6.54 Å². The van der Waals surface area contributed by atoms with Gasteiger partial charge in [-0.3, -0.25) is 9.98 Å². The first-order valence-corrected chi connectivity index (χ1v) is 9.13. The van der Waals surface area contributed by atoms with Crippen LogP contribution in [0.5, 0.6) is 0 Å². The van der Waals surface area contributed by atoms with Crippen LogP contribution in [0.3, 0.4) is 0 Å². The molecule has 3 rings (SSSR count). The van der Waals surface area contributed by atoms with Crippen LogP contribution in [0.2, 0.25) is 0 Å². The molecule has 1 aliphatic heterocycles. The van der Waals surface area contributed by atoms with Crippen molar-refractivity contribution < 1.29 is 4.74 Å². The fraction of sp³-hybridized carbons (Fsp3) is 0.556. The van der Waals surface area contributed by atoms with E-state index in [-0.39, 0.29) is 30.0 Å². The molecule has 2 N–H and O–H groups in total. The van der Waals surface area contributed by atoms with Gasteiger partial charge in [-0.1, -0.05) is 6.07 Å². The van der Waals surface area contributed by atoms with Crippen LogP contribution in [-0.2, 0) is 30.7 Å². The average Bonchev–Trinajstić information content (AvgIpc) is 3.05. The van der Waals surface area contributed by atoms with Gasteiger partial charge in [0.15, 0.2) is 11.8 Å². The van der Waals surface area contributed by atoms with Crippen molar-refractivity contribution in [1.82, 2.24) is 30.4 Å². The molecule has 1 unspecified atom stereocenters. The van der Waals surface area contributed by atoms with Crippen LogP contribution in [0.4, 0.5) is 0 Å². The standard InChI is InChI=1S/C18H27N7O.HI/c1-3-20-18(21-10-8-14-5-4-9-19-11-14)22-15-6-7-17-23-16(13-26-2)24-25(17)12-15;/h4-5,9,11,15H,3,6-8,10,12-13H2,1-2H3,(H2,20,21,22);1H. The number of aromatic nitrogens is 4. The van der Waals surface area contributed by atoms with E-state index in [4.69, 9.17) is 9.73 Å². The molecule has 0 fully saturated rings. The molecule has 3 heterocycles. The first-order valence-electron chi connectivity index (χ1n) is 9.13. The van der Waals surface area contributed by atoms with Crippen molar-refractivity contribution in [2.45, 2.75) is 45.4 Å². The van der Waals surface area contributed by atoms with Crippen LogP contribution < -0.4 is 10.6 Å². The van der Waals surface area contributed by atoms with Crippen LogP contribution in [0.15, 0.2) is 29.5 Å². The van der Waals surface area contributed by atoms with Crippen LogP contribution in [0, 0.1) is 0 Å². The van der Waals surface area contributed by atoms with Gasteiger partial charge < -0.3 is 15.4 Å². The molecule has 8 nitrogen and oxygen atoms in total. The smallest absolute Gasteiger partial charge is 0.191 e. The molecule has 1 atom stereocenters. The Labute approximate surface area is 177 Å². The Kier molecular flexibility index (Phi) is 8.92. The van der Waals surface area contributed by atoms with E-state index in [0.29, 0.717) is 6.61 Å². The zero-order valence-electron chi connectivity index (χ0n) is 15.9. The highest BCUT2D eigenvalue weighted by Crippen LogP contribution is 2.13. The minimum absolute atomic E-state index is 0. The van der Waals surface area contributed by atoms with Gasteiger partial charge in [0, 0.05) is 45.1 Å². The Balaban J connectivity index is 0.00000261. The highest BCUT2D eigenvalue weighted by molar-refractivity contribution is 14.0. The Bertz CT molecular complexity index is 720. The molecule has 0 amide bonds. The number of guanidine groups is 1. The summed E-state index contributed by atoms with van der Waals surface area (Å²) in [5.41, 5.74) is 1.20. The lowest BCUT2D eigenvalue weighted by molar-refractivity contribution is 0.177. The van der Waals surface area contributed by atoms with Crippen molar-refractivity contribution in [3.8, 4) is 0 Å². The third kappa shape index (κ3) is 6.42. The van der Waals surface area contributed by atoms with E-state index in [1.54, 1.807) is 13.3 Å².